The fourth-order valence-electron chi connectivity index (χ4n) is 7.45. The van der Waals surface area contributed by atoms with Gasteiger partial charge in [0, 0.05) is 7.11 Å². The number of hydrogen-bond acceptors (Lipinski definition) is 3. The molecule has 3 nitrogen and oxygen atoms in total. The first-order valence-corrected chi connectivity index (χ1v) is 9.76. The monoisotopic (exact) mass is 322 g/mol. The number of rotatable bonds is 1. The Morgan fingerprint density at radius 2 is 1.70 bits per heavy atom. The zero-order chi connectivity index (χ0) is 16.4. The van der Waals surface area contributed by atoms with Gasteiger partial charge in [-0.2, -0.15) is 0 Å². The summed E-state index contributed by atoms with van der Waals surface area (Å²) in [6.07, 6.45) is 8.79. The highest BCUT2D eigenvalue weighted by molar-refractivity contribution is 5.10. The lowest BCUT2D eigenvalue weighted by atomic mass is 9.44. The van der Waals surface area contributed by atoms with Gasteiger partial charge in [0.15, 0.2) is 0 Å². The van der Waals surface area contributed by atoms with Gasteiger partial charge >= 0.3 is 0 Å². The number of aliphatic hydroxyl groups excluding tert-OH is 2. The van der Waals surface area contributed by atoms with E-state index < -0.39 is 0 Å². The third-order valence-electron chi connectivity index (χ3n) is 8.71. The number of methoxy groups -OCH3 is 1. The van der Waals surface area contributed by atoms with Crippen molar-refractivity contribution in [1.82, 2.24) is 0 Å². The van der Waals surface area contributed by atoms with Gasteiger partial charge in [-0.15, -0.1) is 0 Å². The van der Waals surface area contributed by atoms with Gasteiger partial charge in [-0.05, 0) is 85.9 Å². The van der Waals surface area contributed by atoms with Crippen LogP contribution in [0.15, 0.2) is 0 Å². The fraction of sp³-hybridized carbons (Fsp3) is 1.00. The molecule has 132 valence electrons. The van der Waals surface area contributed by atoms with Gasteiger partial charge in [-0.1, -0.05) is 13.8 Å². The SMILES string of the molecule is COC1CC2C3CC(O)C4CC(O)CCC4(C)C3CCC2(C)C1. The maximum atomic E-state index is 10.9. The molecule has 0 aromatic carbocycles. The molecule has 9 atom stereocenters. The number of aliphatic hydroxyl groups is 2. The standard InChI is InChI=1S/C20H34O3/c1-19-6-5-15-14(16(19)9-13(11-19)23-3)10-18(22)17-8-12(21)4-7-20(15,17)2/h12-18,21-22H,4-11H2,1-3H3. The first kappa shape index (κ1) is 16.4. The zero-order valence-electron chi connectivity index (χ0n) is 15.0. The van der Waals surface area contributed by atoms with Crippen LogP contribution in [0.4, 0.5) is 0 Å². The second-order valence-electron chi connectivity index (χ2n) is 9.71. The molecule has 3 heteroatoms. The summed E-state index contributed by atoms with van der Waals surface area (Å²) >= 11 is 0. The lowest BCUT2D eigenvalue weighted by molar-refractivity contribution is -0.167. The van der Waals surface area contributed by atoms with Crippen molar-refractivity contribution in [1.29, 1.82) is 0 Å². The summed E-state index contributed by atoms with van der Waals surface area (Å²) in [6, 6.07) is 0. The Kier molecular flexibility index (Phi) is 3.87. The Morgan fingerprint density at radius 3 is 2.43 bits per heavy atom. The summed E-state index contributed by atoms with van der Waals surface area (Å²) in [6.45, 7) is 4.90. The summed E-state index contributed by atoms with van der Waals surface area (Å²) in [5.41, 5.74) is 0.646. The van der Waals surface area contributed by atoms with E-state index in [2.05, 4.69) is 13.8 Å². The first-order chi connectivity index (χ1) is 10.9. The van der Waals surface area contributed by atoms with Crippen LogP contribution in [0.3, 0.4) is 0 Å². The predicted octanol–water partition coefficient (Wildman–Crippen LogP) is 3.38. The van der Waals surface area contributed by atoms with Crippen molar-refractivity contribution in [3.8, 4) is 0 Å². The molecule has 4 aliphatic rings. The lowest BCUT2D eigenvalue weighted by Crippen LogP contribution is -2.57. The summed E-state index contributed by atoms with van der Waals surface area (Å²) in [4.78, 5) is 0. The largest absolute Gasteiger partial charge is 0.393 e. The topological polar surface area (TPSA) is 49.7 Å². The van der Waals surface area contributed by atoms with Crippen molar-refractivity contribution < 1.29 is 14.9 Å². The van der Waals surface area contributed by atoms with Crippen molar-refractivity contribution in [2.24, 2.45) is 34.5 Å². The van der Waals surface area contributed by atoms with Gasteiger partial charge in [0.2, 0.25) is 0 Å². The molecule has 0 aliphatic heterocycles. The maximum absolute atomic E-state index is 10.9. The molecular weight excluding hydrogens is 288 g/mol. The number of ether oxygens (including phenoxy) is 1. The van der Waals surface area contributed by atoms with E-state index in [0.717, 1.165) is 31.6 Å². The quantitative estimate of drug-likeness (QED) is 0.778. The van der Waals surface area contributed by atoms with Crippen LogP contribution < -0.4 is 0 Å². The van der Waals surface area contributed by atoms with Crippen LogP contribution in [0, 0.1) is 34.5 Å². The first-order valence-electron chi connectivity index (χ1n) is 9.76. The molecule has 4 aliphatic carbocycles. The lowest BCUT2D eigenvalue weighted by Gasteiger charge is -2.61. The van der Waals surface area contributed by atoms with Crippen LogP contribution in [-0.2, 0) is 4.74 Å². The van der Waals surface area contributed by atoms with E-state index in [0.29, 0.717) is 29.3 Å². The van der Waals surface area contributed by atoms with Gasteiger partial charge in [0.1, 0.15) is 0 Å². The Balaban J connectivity index is 1.64. The molecule has 0 aromatic heterocycles. The molecule has 0 radical (unpaired) electrons. The van der Waals surface area contributed by atoms with Gasteiger partial charge < -0.3 is 14.9 Å². The average Bonchev–Trinajstić information content (AvgIpc) is 2.86. The number of hydrogen-bond donors (Lipinski definition) is 2. The smallest absolute Gasteiger partial charge is 0.0579 e. The van der Waals surface area contributed by atoms with E-state index in [-0.39, 0.29) is 17.6 Å². The average molecular weight is 322 g/mol. The highest BCUT2D eigenvalue weighted by Crippen LogP contribution is 2.66. The van der Waals surface area contributed by atoms with Gasteiger partial charge in [0.25, 0.3) is 0 Å². The molecule has 4 saturated carbocycles. The van der Waals surface area contributed by atoms with Gasteiger partial charge in [-0.3, -0.25) is 0 Å². The Hall–Kier alpha value is -0.120. The normalized spacial score (nSPS) is 59.1. The molecule has 4 rings (SSSR count). The molecule has 0 spiro atoms. The zero-order valence-corrected chi connectivity index (χ0v) is 15.0. The van der Waals surface area contributed by atoms with Crippen LogP contribution in [0.25, 0.3) is 0 Å². The second kappa shape index (κ2) is 5.44. The molecular formula is C20H34O3. The minimum atomic E-state index is -0.222. The van der Waals surface area contributed by atoms with Crippen LogP contribution in [0.5, 0.6) is 0 Å². The van der Waals surface area contributed by atoms with E-state index in [1.165, 1.54) is 25.7 Å². The molecule has 23 heavy (non-hydrogen) atoms. The summed E-state index contributed by atoms with van der Waals surface area (Å²) in [7, 11) is 1.86. The molecule has 0 heterocycles. The highest BCUT2D eigenvalue weighted by atomic mass is 16.5. The van der Waals surface area contributed by atoms with Crippen molar-refractivity contribution >= 4 is 0 Å². The summed E-state index contributed by atoms with van der Waals surface area (Å²) in [5, 5.41) is 21.0. The molecule has 0 saturated heterocycles. The highest BCUT2D eigenvalue weighted by Gasteiger charge is 2.61. The van der Waals surface area contributed by atoms with Crippen molar-refractivity contribution in [3.05, 3.63) is 0 Å². The van der Waals surface area contributed by atoms with E-state index in [1.807, 2.05) is 7.11 Å². The molecule has 2 N–H and O–H groups in total. The van der Waals surface area contributed by atoms with Crippen LogP contribution in [-0.4, -0.2) is 35.6 Å². The fourth-order valence-corrected chi connectivity index (χ4v) is 7.45. The van der Waals surface area contributed by atoms with Gasteiger partial charge in [0.05, 0.1) is 18.3 Å². The van der Waals surface area contributed by atoms with Crippen LogP contribution in [0.2, 0.25) is 0 Å². The predicted molar refractivity (Wildman–Crippen MR) is 89.9 cm³/mol. The molecule has 0 bridgehead atoms. The van der Waals surface area contributed by atoms with E-state index in [4.69, 9.17) is 4.74 Å². The molecule has 4 fully saturated rings. The third kappa shape index (κ3) is 2.33. The van der Waals surface area contributed by atoms with Gasteiger partial charge in [-0.25, -0.2) is 0 Å². The Bertz CT molecular complexity index is 466. The molecule has 0 aromatic rings. The van der Waals surface area contributed by atoms with Crippen molar-refractivity contribution in [2.45, 2.75) is 83.5 Å². The van der Waals surface area contributed by atoms with E-state index in [1.54, 1.807) is 0 Å². The van der Waals surface area contributed by atoms with Crippen LogP contribution >= 0.6 is 0 Å². The van der Waals surface area contributed by atoms with E-state index in [9.17, 15) is 10.2 Å². The Morgan fingerprint density at radius 1 is 0.913 bits per heavy atom. The minimum absolute atomic E-state index is 0.197. The molecule has 0 amide bonds. The minimum Gasteiger partial charge on any atom is -0.393 e. The van der Waals surface area contributed by atoms with Crippen LogP contribution in [0.1, 0.15) is 65.2 Å². The Labute approximate surface area is 140 Å². The summed E-state index contributed by atoms with van der Waals surface area (Å²) < 4.78 is 5.73. The van der Waals surface area contributed by atoms with E-state index >= 15 is 0 Å². The van der Waals surface area contributed by atoms with Crippen molar-refractivity contribution in [3.63, 3.8) is 0 Å². The maximum Gasteiger partial charge on any atom is 0.0579 e. The number of fused-ring (bicyclic) bond motifs is 5. The second-order valence-corrected chi connectivity index (χ2v) is 9.71. The molecule has 9 unspecified atom stereocenters. The third-order valence-corrected chi connectivity index (χ3v) is 8.71. The van der Waals surface area contributed by atoms with Crippen molar-refractivity contribution in [2.75, 3.05) is 7.11 Å². The summed E-state index contributed by atoms with van der Waals surface area (Å²) in [5.74, 6) is 2.40.